The summed E-state index contributed by atoms with van der Waals surface area (Å²) in [6, 6.07) is 5.48. The van der Waals surface area contributed by atoms with Gasteiger partial charge < -0.3 is 10.2 Å². The first-order valence-electron chi connectivity index (χ1n) is 7.15. The molecule has 0 unspecified atom stereocenters. The lowest BCUT2D eigenvalue weighted by Gasteiger charge is -2.06. The minimum atomic E-state index is -0.166. The number of carbonyl (C=O) groups is 2. The number of thiazole rings is 1. The summed E-state index contributed by atoms with van der Waals surface area (Å²) in [5.74, 6) is -0.171. The molecule has 114 valence electrons. The van der Waals surface area contributed by atoms with Gasteiger partial charge in [0.05, 0.1) is 10.7 Å². The van der Waals surface area contributed by atoms with Crippen molar-refractivity contribution in [2.75, 3.05) is 12.4 Å². The zero-order chi connectivity index (χ0) is 15.9. The first-order valence-corrected chi connectivity index (χ1v) is 7.97. The Labute approximate surface area is 133 Å². The number of amides is 2. The maximum absolute atomic E-state index is 12.4. The van der Waals surface area contributed by atoms with Crippen LogP contribution in [0.25, 0.3) is 0 Å². The molecule has 1 aromatic heterocycles. The molecule has 1 aliphatic rings. The topological polar surface area (TPSA) is 62.3 Å². The number of fused-ring (bicyclic) bond motifs is 1. The molecule has 1 aliphatic heterocycles. The van der Waals surface area contributed by atoms with Gasteiger partial charge in [0.25, 0.3) is 11.8 Å². The van der Waals surface area contributed by atoms with E-state index in [1.807, 2.05) is 26.0 Å². The number of nitrogens with one attached hydrogen (secondary N) is 1. The third-order valence-corrected chi connectivity index (χ3v) is 4.71. The fourth-order valence-corrected chi connectivity index (χ4v) is 3.50. The molecule has 0 spiro atoms. The molecule has 1 N–H and O–H groups in total. The van der Waals surface area contributed by atoms with E-state index in [1.54, 1.807) is 18.0 Å². The van der Waals surface area contributed by atoms with E-state index in [0.29, 0.717) is 22.7 Å². The summed E-state index contributed by atoms with van der Waals surface area (Å²) >= 11 is 1.39. The number of aryl methyl sites for hydroxylation is 2. The molecule has 2 aromatic rings. The largest absolute Gasteiger partial charge is 0.337 e. The number of benzene rings is 1. The van der Waals surface area contributed by atoms with Crippen LogP contribution in [0.4, 0.5) is 5.69 Å². The highest BCUT2D eigenvalue weighted by molar-refractivity contribution is 7.13. The van der Waals surface area contributed by atoms with Gasteiger partial charge in [-0.3, -0.25) is 9.59 Å². The Morgan fingerprint density at radius 3 is 2.95 bits per heavy atom. The van der Waals surface area contributed by atoms with Gasteiger partial charge >= 0.3 is 0 Å². The summed E-state index contributed by atoms with van der Waals surface area (Å²) in [5.41, 5.74) is 3.11. The van der Waals surface area contributed by atoms with E-state index >= 15 is 0 Å². The van der Waals surface area contributed by atoms with Crippen molar-refractivity contribution >= 4 is 28.8 Å². The van der Waals surface area contributed by atoms with Gasteiger partial charge in [0.1, 0.15) is 4.88 Å². The Morgan fingerprint density at radius 2 is 2.23 bits per heavy atom. The van der Waals surface area contributed by atoms with Gasteiger partial charge in [0, 0.05) is 24.8 Å². The molecular formula is C16H17N3O2S. The van der Waals surface area contributed by atoms with Crippen molar-refractivity contribution in [3.8, 4) is 0 Å². The molecule has 2 amide bonds. The summed E-state index contributed by atoms with van der Waals surface area (Å²) in [7, 11) is 1.77. The van der Waals surface area contributed by atoms with Crippen molar-refractivity contribution in [3.63, 3.8) is 0 Å². The molecule has 0 saturated heterocycles. The summed E-state index contributed by atoms with van der Waals surface area (Å²) in [4.78, 5) is 31.1. The van der Waals surface area contributed by atoms with Crippen LogP contribution in [-0.4, -0.2) is 28.7 Å². The zero-order valence-corrected chi connectivity index (χ0v) is 13.6. The Morgan fingerprint density at radius 1 is 1.45 bits per heavy atom. The number of nitrogens with zero attached hydrogens (tertiary/aromatic N) is 2. The average molecular weight is 315 g/mol. The van der Waals surface area contributed by atoms with Crippen molar-refractivity contribution < 1.29 is 9.59 Å². The minimum Gasteiger partial charge on any atom is -0.337 e. The van der Waals surface area contributed by atoms with Crippen molar-refractivity contribution in [2.45, 2.75) is 26.8 Å². The van der Waals surface area contributed by atoms with Crippen molar-refractivity contribution in [1.29, 1.82) is 0 Å². The van der Waals surface area contributed by atoms with Gasteiger partial charge in [0.2, 0.25) is 0 Å². The van der Waals surface area contributed by atoms with Gasteiger partial charge in [-0.15, -0.1) is 11.3 Å². The SMILES string of the molecule is CCc1nc(C)sc1C(=O)Nc1ccc2c(c1)C(=O)N(C)C2. The minimum absolute atomic E-state index is 0.00557. The van der Waals surface area contributed by atoms with Gasteiger partial charge in [-0.05, 0) is 31.0 Å². The molecule has 0 bridgehead atoms. The molecule has 0 fully saturated rings. The van der Waals surface area contributed by atoms with Gasteiger partial charge in [-0.25, -0.2) is 4.98 Å². The van der Waals surface area contributed by atoms with Crippen molar-refractivity contribution in [3.05, 3.63) is 44.9 Å². The molecule has 0 atom stereocenters. The maximum atomic E-state index is 12.4. The quantitative estimate of drug-likeness (QED) is 0.947. The summed E-state index contributed by atoms with van der Waals surface area (Å²) in [6.45, 7) is 4.50. The first kappa shape index (κ1) is 14.7. The normalized spacial score (nSPS) is 13.4. The summed E-state index contributed by atoms with van der Waals surface area (Å²) in [5, 5.41) is 3.75. The number of hydrogen-bond donors (Lipinski definition) is 1. The fraction of sp³-hybridized carbons (Fsp3) is 0.312. The second-order valence-electron chi connectivity index (χ2n) is 5.35. The highest BCUT2D eigenvalue weighted by Crippen LogP contribution is 2.26. The third-order valence-electron chi connectivity index (χ3n) is 3.70. The lowest BCUT2D eigenvalue weighted by molar-refractivity contribution is 0.0816. The van der Waals surface area contributed by atoms with E-state index in [9.17, 15) is 9.59 Å². The van der Waals surface area contributed by atoms with E-state index in [0.717, 1.165) is 22.7 Å². The van der Waals surface area contributed by atoms with Crippen LogP contribution < -0.4 is 5.32 Å². The molecule has 1 aromatic carbocycles. The Kier molecular flexibility index (Phi) is 3.70. The van der Waals surface area contributed by atoms with Crippen LogP contribution in [0.5, 0.6) is 0 Å². The molecule has 6 heteroatoms. The predicted molar refractivity (Wildman–Crippen MR) is 86.4 cm³/mol. The van der Waals surface area contributed by atoms with Crippen LogP contribution in [0, 0.1) is 6.92 Å². The number of carbonyl (C=O) groups excluding carboxylic acids is 2. The van der Waals surface area contributed by atoms with E-state index in [4.69, 9.17) is 0 Å². The van der Waals surface area contributed by atoms with Crippen molar-refractivity contribution in [1.82, 2.24) is 9.88 Å². The van der Waals surface area contributed by atoms with E-state index in [-0.39, 0.29) is 11.8 Å². The standard InChI is InChI=1S/C16H17N3O2S/c1-4-13-14(22-9(2)17-13)15(20)18-11-6-5-10-8-19(3)16(21)12(10)7-11/h5-7H,4,8H2,1-3H3,(H,18,20). The maximum Gasteiger partial charge on any atom is 0.267 e. The molecule has 3 rings (SSSR count). The number of hydrogen-bond acceptors (Lipinski definition) is 4. The summed E-state index contributed by atoms with van der Waals surface area (Å²) in [6.07, 6.45) is 0.723. The van der Waals surface area contributed by atoms with E-state index < -0.39 is 0 Å². The lowest BCUT2D eigenvalue weighted by atomic mass is 10.1. The number of rotatable bonds is 3. The zero-order valence-electron chi connectivity index (χ0n) is 12.8. The Hall–Kier alpha value is -2.21. The fourth-order valence-electron chi connectivity index (χ4n) is 2.60. The van der Waals surface area contributed by atoms with Crippen LogP contribution >= 0.6 is 11.3 Å². The summed E-state index contributed by atoms with van der Waals surface area (Å²) < 4.78 is 0. The Bertz CT molecular complexity index is 767. The molecule has 0 radical (unpaired) electrons. The monoisotopic (exact) mass is 315 g/mol. The van der Waals surface area contributed by atoms with Gasteiger partial charge in [-0.1, -0.05) is 13.0 Å². The molecule has 22 heavy (non-hydrogen) atoms. The van der Waals surface area contributed by atoms with E-state index in [2.05, 4.69) is 10.3 Å². The van der Waals surface area contributed by atoms with Gasteiger partial charge in [-0.2, -0.15) is 0 Å². The molecule has 0 aliphatic carbocycles. The number of aromatic nitrogens is 1. The highest BCUT2D eigenvalue weighted by atomic mass is 32.1. The second kappa shape index (κ2) is 5.53. The molecular weight excluding hydrogens is 298 g/mol. The first-order chi connectivity index (χ1) is 10.5. The van der Waals surface area contributed by atoms with Crippen LogP contribution in [-0.2, 0) is 13.0 Å². The Balaban J connectivity index is 1.85. The lowest BCUT2D eigenvalue weighted by Crippen LogP contribution is -2.17. The molecule has 5 nitrogen and oxygen atoms in total. The average Bonchev–Trinajstić information content (AvgIpc) is 3.00. The molecule has 2 heterocycles. The number of anilines is 1. The van der Waals surface area contributed by atoms with Crippen LogP contribution in [0.3, 0.4) is 0 Å². The molecule has 0 saturated carbocycles. The van der Waals surface area contributed by atoms with Crippen LogP contribution in [0.15, 0.2) is 18.2 Å². The highest BCUT2D eigenvalue weighted by Gasteiger charge is 2.25. The predicted octanol–water partition coefficient (Wildman–Crippen LogP) is 2.85. The third kappa shape index (κ3) is 2.50. The van der Waals surface area contributed by atoms with Crippen LogP contribution in [0.1, 0.15) is 43.2 Å². The van der Waals surface area contributed by atoms with Crippen LogP contribution in [0.2, 0.25) is 0 Å². The van der Waals surface area contributed by atoms with Crippen molar-refractivity contribution in [2.24, 2.45) is 0 Å². The smallest absolute Gasteiger partial charge is 0.267 e. The van der Waals surface area contributed by atoms with Gasteiger partial charge in [0.15, 0.2) is 0 Å². The van der Waals surface area contributed by atoms with E-state index in [1.165, 1.54) is 11.3 Å². The second-order valence-corrected chi connectivity index (χ2v) is 6.55.